The molecule has 2 aliphatic heterocycles. The lowest BCUT2D eigenvalue weighted by Gasteiger charge is -2.37. The summed E-state index contributed by atoms with van der Waals surface area (Å²) in [5, 5.41) is 12.0. The summed E-state index contributed by atoms with van der Waals surface area (Å²) in [5.74, 6) is -0.0574. The Labute approximate surface area is 181 Å². The number of amides is 1. The Morgan fingerprint density at radius 3 is 2.27 bits per heavy atom. The molecule has 2 aliphatic rings. The second-order valence-electron chi connectivity index (χ2n) is 7.74. The van der Waals surface area contributed by atoms with Gasteiger partial charge in [0.2, 0.25) is 0 Å². The van der Waals surface area contributed by atoms with E-state index in [1.54, 1.807) is 18.2 Å². The fourth-order valence-electron chi connectivity index (χ4n) is 4.22. The molecule has 4 rings (SSSR count). The van der Waals surface area contributed by atoms with Gasteiger partial charge in [-0.15, -0.1) is 0 Å². The first-order valence-electron chi connectivity index (χ1n) is 10.4. The Morgan fingerprint density at radius 1 is 0.900 bits per heavy atom. The lowest BCUT2D eigenvalue weighted by molar-refractivity contribution is -0.384. The van der Waals surface area contributed by atoms with Crippen molar-refractivity contribution < 1.29 is 9.72 Å². The Morgan fingerprint density at radius 2 is 1.60 bits per heavy atom. The van der Waals surface area contributed by atoms with Gasteiger partial charge in [0.25, 0.3) is 11.6 Å². The van der Waals surface area contributed by atoms with Crippen LogP contribution in [0.25, 0.3) is 0 Å². The highest BCUT2D eigenvalue weighted by Crippen LogP contribution is 2.34. The molecule has 30 heavy (non-hydrogen) atoms. The first-order chi connectivity index (χ1) is 14.5. The van der Waals surface area contributed by atoms with Crippen molar-refractivity contribution in [2.45, 2.75) is 19.3 Å². The quantitative estimate of drug-likeness (QED) is 0.539. The van der Waals surface area contributed by atoms with E-state index in [0.29, 0.717) is 42.5 Å². The SMILES string of the molecule is O=C(c1ccccc1Cl)N1CCN(c2ccc([N+](=O)[O-])c(N3CCCCC3)c2)CC1. The van der Waals surface area contributed by atoms with Crippen molar-refractivity contribution >= 4 is 34.6 Å². The van der Waals surface area contributed by atoms with Crippen LogP contribution in [0.5, 0.6) is 0 Å². The van der Waals surface area contributed by atoms with Crippen molar-refractivity contribution in [3.05, 3.63) is 63.2 Å². The summed E-state index contributed by atoms with van der Waals surface area (Å²) >= 11 is 6.18. The molecule has 2 heterocycles. The minimum absolute atomic E-state index is 0.0574. The summed E-state index contributed by atoms with van der Waals surface area (Å²) in [6, 6.07) is 12.5. The summed E-state index contributed by atoms with van der Waals surface area (Å²) in [6.07, 6.45) is 3.29. The van der Waals surface area contributed by atoms with Crippen LogP contribution in [-0.2, 0) is 0 Å². The van der Waals surface area contributed by atoms with Gasteiger partial charge in [0.1, 0.15) is 5.69 Å². The molecule has 0 atom stereocenters. The van der Waals surface area contributed by atoms with E-state index in [-0.39, 0.29) is 16.5 Å². The summed E-state index contributed by atoms with van der Waals surface area (Å²) < 4.78 is 0. The number of nitro benzene ring substituents is 1. The fraction of sp³-hybridized carbons (Fsp3) is 0.409. The molecular weight excluding hydrogens is 404 g/mol. The zero-order valence-corrected chi connectivity index (χ0v) is 17.6. The number of carbonyl (C=O) groups is 1. The van der Waals surface area contributed by atoms with Gasteiger partial charge >= 0.3 is 0 Å². The van der Waals surface area contributed by atoms with E-state index in [1.807, 2.05) is 29.2 Å². The number of anilines is 2. The largest absolute Gasteiger partial charge is 0.368 e. The molecule has 2 saturated heterocycles. The molecule has 2 fully saturated rings. The van der Waals surface area contributed by atoms with Crippen molar-refractivity contribution in [2.24, 2.45) is 0 Å². The number of hydrogen-bond acceptors (Lipinski definition) is 5. The van der Waals surface area contributed by atoms with Crippen LogP contribution in [0.15, 0.2) is 42.5 Å². The minimum atomic E-state index is -0.298. The van der Waals surface area contributed by atoms with Crippen LogP contribution in [0.1, 0.15) is 29.6 Å². The number of rotatable bonds is 4. The van der Waals surface area contributed by atoms with Gasteiger partial charge < -0.3 is 14.7 Å². The molecule has 1 amide bonds. The maximum atomic E-state index is 12.8. The Hall–Kier alpha value is -2.80. The predicted octanol–water partition coefficient (Wildman–Crippen LogP) is 4.20. The molecule has 2 aromatic carbocycles. The maximum Gasteiger partial charge on any atom is 0.292 e. The van der Waals surface area contributed by atoms with Gasteiger partial charge in [-0.25, -0.2) is 0 Å². The van der Waals surface area contributed by atoms with E-state index in [1.165, 1.54) is 6.42 Å². The van der Waals surface area contributed by atoms with Crippen LogP contribution in [0.4, 0.5) is 17.1 Å². The highest BCUT2D eigenvalue weighted by molar-refractivity contribution is 6.33. The molecule has 0 spiro atoms. The zero-order valence-electron chi connectivity index (χ0n) is 16.8. The maximum absolute atomic E-state index is 12.8. The van der Waals surface area contributed by atoms with Gasteiger partial charge in [0.15, 0.2) is 0 Å². The Balaban J connectivity index is 1.48. The Kier molecular flexibility index (Phi) is 6.08. The van der Waals surface area contributed by atoms with E-state index in [0.717, 1.165) is 31.6 Å². The number of benzene rings is 2. The van der Waals surface area contributed by atoms with E-state index in [9.17, 15) is 14.9 Å². The van der Waals surface area contributed by atoms with Crippen LogP contribution < -0.4 is 9.80 Å². The van der Waals surface area contributed by atoms with Crippen molar-refractivity contribution in [3.63, 3.8) is 0 Å². The second-order valence-corrected chi connectivity index (χ2v) is 8.14. The van der Waals surface area contributed by atoms with Gasteiger partial charge in [-0.2, -0.15) is 0 Å². The number of piperidine rings is 1. The number of carbonyl (C=O) groups excluding carboxylic acids is 1. The molecule has 0 N–H and O–H groups in total. The predicted molar refractivity (Wildman–Crippen MR) is 119 cm³/mol. The van der Waals surface area contributed by atoms with Crippen LogP contribution in [0.2, 0.25) is 5.02 Å². The number of halogens is 1. The molecule has 8 heteroatoms. The normalized spacial score (nSPS) is 17.2. The van der Waals surface area contributed by atoms with Gasteiger partial charge in [-0.05, 0) is 43.5 Å². The van der Waals surface area contributed by atoms with Gasteiger partial charge in [-0.1, -0.05) is 23.7 Å². The number of nitro groups is 1. The van der Waals surface area contributed by atoms with Crippen molar-refractivity contribution in [2.75, 3.05) is 49.1 Å². The molecular formula is C22H25ClN4O3. The molecule has 0 aromatic heterocycles. The lowest BCUT2D eigenvalue weighted by atomic mass is 10.1. The summed E-state index contributed by atoms with van der Waals surface area (Å²) in [4.78, 5) is 30.2. The van der Waals surface area contributed by atoms with Crippen LogP contribution >= 0.6 is 11.6 Å². The lowest BCUT2D eigenvalue weighted by Crippen LogP contribution is -2.48. The topological polar surface area (TPSA) is 69.9 Å². The summed E-state index contributed by atoms with van der Waals surface area (Å²) in [5.41, 5.74) is 2.35. The van der Waals surface area contributed by atoms with Gasteiger partial charge in [0, 0.05) is 51.0 Å². The van der Waals surface area contributed by atoms with Gasteiger partial charge in [-0.3, -0.25) is 14.9 Å². The molecule has 0 saturated carbocycles. The average molecular weight is 429 g/mol. The standard InChI is InChI=1S/C22H25ClN4O3/c23-19-7-3-2-6-18(19)22(28)26-14-12-24(13-15-26)17-8-9-20(27(29)30)21(16-17)25-10-4-1-5-11-25/h2-3,6-9,16H,1,4-5,10-15H2. The first kappa shape index (κ1) is 20.5. The summed E-state index contributed by atoms with van der Waals surface area (Å²) in [6.45, 7) is 4.22. The molecule has 2 aromatic rings. The van der Waals surface area contributed by atoms with Crippen molar-refractivity contribution in [3.8, 4) is 0 Å². The highest BCUT2D eigenvalue weighted by Gasteiger charge is 2.26. The highest BCUT2D eigenvalue weighted by atomic mass is 35.5. The van der Waals surface area contributed by atoms with E-state index in [4.69, 9.17) is 11.6 Å². The van der Waals surface area contributed by atoms with Gasteiger partial charge in [0.05, 0.1) is 15.5 Å². The van der Waals surface area contributed by atoms with E-state index >= 15 is 0 Å². The van der Waals surface area contributed by atoms with E-state index in [2.05, 4.69) is 9.80 Å². The van der Waals surface area contributed by atoms with Crippen LogP contribution in [-0.4, -0.2) is 55.0 Å². The average Bonchev–Trinajstić information content (AvgIpc) is 2.79. The van der Waals surface area contributed by atoms with Crippen molar-refractivity contribution in [1.29, 1.82) is 0 Å². The minimum Gasteiger partial charge on any atom is -0.368 e. The Bertz CT molecular complexity index is 938. The summed E-state index contributed by atoms with van der Waals surface area (Å²) in [7, 11) is 0. The third-order valence-corrected chi connectivity index (χ3v) is 6.22. The monoisotopic (exact) mass is 428 g/mol. The molecule has 0 aliphatic carbocycles. The molecule has 0 radical (unpaired) electrons. The van der Waals surface area contributed by atoms with Crippen LogP contribution in [0.3, 0.4) is 0 Å². The molecule has 158 valence electrons. The molecule has 7 nitrogen and oxygen atoms in total. The fourth-order valence-corrected chi connectivity index (χ4v) is 4.44. The molecule has 0 unspecified atom stereocenters. The third-order valence-electron chi connectivity index (χ3n) is 5.89. The zero-order chi connectivity index (χ0) is 21.1. The number of piperazine rings is 1. The van der Waals surface area contributed by atoms with Crippen LogP contribution in [0, 0.1) is 10.1 Å². The third kappa shape index (κ3) is 4.21. The first-order valence-corrected chi connectivity index (χ1v) is 10.7. The number of hydrogen-bond donors (Lipinski definition) is 0. The van der Waals surface area contributed by atoms with Crippen molar-refractivity contribution in [1.82, 2.24) is 4.90 Å². The second kappa shape index (κ2) is 8.92. The smallest absolute Gasteiger partial charge is 0.292 e. The van der Waals surface area contributed by atoms with E-state index < -0.39 is 0 Å². The molecule has 0 bridgehead atoms. The number of nitrogens with zero attached hydrogens (tertiary/aromatic N) is 4.